The average Bonchev–Trinajstić information content (AvgIpc) is 2.95. The van der Waals surface area contributed by atoms with E-state index in [1.54, 1.807) is 24.9 Å². The quantitative estimate of drug-likeness (QED) is 0.902. The largest absolute Gasteiger partial charge is 0.495 e. The van der Waals surface area contributed by atoms with Crippen LogP contribution in [-0.2, 0) is 4.79 Å². The number of benzene rings is 1. The van der Waals surface area contributed by atoms with Gasteiger partial charge >= 0.3 is 0 Å². The molecule has 1 unspecified atom stereocenters. The number of carbonyl (C=O) groups is 1. The van der Waals surface area contributed by atoms with Crippen molar-refractivity contribution < 1.29 is 9.53 Å². The van der Waals surface area contributed by atoms with Crippen LogP contribution in [0.1, 0.15) is 12.5 Å². The first-order chi connectivity index (χ1) is 10.0. The lowest BCUT2D eigenvalue weighted by atomic mass is 10.2. The normalized spacial score (nSPS) is 15.5. The zero-order valence-corrected chi connectivity index (χ0v) is 14.5. The number of anilines is 1. The van der Waals surface area contributed by atoms with Crippen LogP contribution in [-0.4, -0.2) is 34.9 Å². The highest BCUT2D eigenvalue weighted by atomic mass is 35.5. The average molecular weight is 345 g/mol. The van der Waals surface area contributed by atoms with Crippen LogP contribution in [0.4, 0.5) is 5.69 Å². The van der Waals surface area contributed by atoms with Crippen LogP contribution < -0.4 is 10.1 Å². The molecule has 114 valence electrons. The number of thioether (sulfide) groups is 2. The van der Waals surface area contributed by atoms with E-state index in [9.17, 15) is 4.79 Å². The third-order valence-electron chi connectivity index (χ3n) is 2.94. The lowest BCUT2D eigenvalue weighted by molar-refractivity contribution is -0.115. The molecule has 0 radical (unpaired) electrons. The van der Waals surface area contributed by atoms with Crippen molar-refractivity contribution in [2.75, 3.05) is 24.7 Å². The number of nitrogens with one attached hydrogen (secondary N) is 1. The van der Waals surface area contributed by atoms with E-state index < -0.39 is 0 Å². The first-order valence-electron chi connectivity index (χ1n) is 6.50. The van der Waals surface area contributed by atoms with Gasteiger partial charge in [-0.25, -0.2) is 0 Å². The topological polar surface area (TPSA) is 50.7 Å². The van der Waals surface area contributed by atoms with Gasteiger partial charge in [-0.05, 0) is 25.5 Å². The molecular formula is C14H17ClN2O2S2. The van der Waals surface area contributed by atoms with Crippen LogP contribution in [0.3, 0.4) is 0 Å². The number of rotatable bonds is 4. The molecule has 0 bridgehead atoms. The second-order valence-electron chi connectivity index (χ2n) is 4.55. The van der Waals surface area contributed by atoms with Gasteiger partial charge in [0.2, 0.25) is 5.91 Å². The maximum Gasteiger partial charge on any atom is 0.237 e. The molecule has 0 spiro atoms. The summed E-state index contributed by atoms with van der Waals surface area (Å²) >= 11 is 9.25. The van der Waals surface area contributed by atoms with Gasteiger partial charge in [-0.3, -0.25) is 9.79 Å². The Labute approximate surface area is 138 Å². The predicted octanol–water partition coefficient (Wildman–Crippen LogP) is 3.82. The molecule has 0 aliphatic carbocycles. The van der Waals surface area contributed by atoms with Crippen LogP contribution >= 0.6 is 35.1 Å². The van der Waals surface area contributed by atoms with Crippen molar-refractivity contribution in [3.8, 4) is 5.75 Å². The number of methoxy groups -OCH3 is 1. The third-order valence-corrected chi connectivity index (χ3v) is 5.65. The van der Waals surface area contributed by atoms with E-state index in [2.05, 4.69) is 10.3 Å². The Balaban J connectivity index is 2.06. The van der Waals surface area contributed by atoms with Gasteiger partial charge in [0.05, 0.1) is 24.6 Å². The first-order valence-corrected chi connectivity index (χ1v) is 8.74. The molecular weight excluding hydrogens is 328 g/mol. The summed E-state index contributed by atoms with van der Waals surface area (Å²) in [6.45, 7) is 4.60. The molecule has 1 N–H and O–H groups in total. The van der Waals surface area contributed by atoms with Crippen LogP contribution in [0.2, 0.25) is 5.02 Å². The predicted molar refractivity (Wildman–Crippen MR) is 93.2 cm³/mol. The van der Waals surface area contributed by atoms with Crippen molar-refractivity contribution in [3.05, 3.63) is 22.7 Å². The summed E-state index contributed by atoms with van der Waals surface area (Å²) in [6.07, 6.45) is 0. The molecule has 0 fully saturated rings. The maximum absolute atomic E-state index is 12.3. The Morgan fingerprint density at radius 1 is 1.57 bits per heavy atom. The van der Waals surface area contributed by atoms with E-state index in [1.165, 1.54) is 11.8 Å². The first kappa shape index (κ1) is 16.5. The summed E-state index contributed by atoms with van der Waals surface area (Å²) in [6, 6.07) is 3.53. The number of hydrogen-bond donors (Lipinski definition) is 1. The maximum atomic E-state index is 12.3. The molecule has 7 heteroatoms. The van der Waals surface area contributed by atoms with Crippen LogP contribution in [0.5, 0.6) is 5.75 Å². The van der Waals surface area contributed by atoms with Gasteiger partial charge in [-0.1, -0.05) is 35.1 Å². The summed E-state index contributed by atoms with van der Waals surface area (Å²) in [5.74, 6) is 1.49. The highest BCUT2D eigenvalue weighted by Crippen LogP contribution is 2.32. The van der Waals surface area contributed by atoms with Gasteiger partial charge in [0.15, 0.2) is 0 Å². The molecule has 1 aromatic rings. The van der Waals surface area contributed by atoms with Gasteiger partial charge in [0, 0.05) is 16.8 Å². The Hall–Kier alpha value is -0.850. The Morgan fingerprint density at radius 2 is 2.33 bits per heavy atom. The number of ether oxygens (including phenoxy) is 1. The van der Waals surface area contributed by atoms with Crippen molar-refractivity contribution in [1.82, 2.24) is 0 Å². The molecule has 0 saturated heterocycles. The Bertz CT molecular complexity index is 578. The third kappa shape index (κ3) is 4.31. The lowest BCUT2D eigenvalue weighted by Crippen LogP contribution is -2.23. The highest BCUT2D eigenvalue weighted by molar-refractivity contribution is 8.39. The number of halogens is 1. The van der Waals surface area contributed by atoms with Gasteiger partial charge in [-0.15, -0.1) is 0 Å². The van der Waals surface area contributed by atoms with E-state index in [0.717, 1.165) is 22.2 Å². The molecule has 1 atom stereocenters. The van der Waals surface area contributed by atoms with E-state index in [-0.39, 0.29) is 11.2 Å². The number of aryl methyl sites for hydroxylation is 1. The van der Waals surface area contributed by atoms with Crippen LogP contribution in [0.25, 0.3) is 0 Å². The zero-order chi connectivity index (χ0) is 15.4. The zero-order valence-electron chi connectivity index (χ0n) is 12.1. The summed E-state index contributed by atoms with van der Waals surface area (Å²) in [5.41, 5.74) is 1.53. The Morgan fingerprint density at radius 3 is 2.95 bits per heavy atom. The highest BCUT2D eigenvalue weighted by Gasteiger charge is 2.20. The molecule has 1 aliphatic rings. The molecule has 1 aliphatic heterocycles. The van der Waals surface area contributed by atoms with Gasteiger partial charge < -0.3 is 10.1 Å². The van der Waals surface area contributed by atoms with Gasteiger partial charge in [0.1, 0.15) is 10.1 Å². The van der Waals surface area contributed by atoms with Crippen molar-refractivity contribution >= 4 is 51.1 Å². The summed E-state index contributed by atoms with van der Waals surface area (Å²) in [5, 5.41) is 3.30. The fourth-order valence-corrected chi connectivity index (χ4v) is 4.04. The smallest absolute Gasteiger partial charge is 0.237 e. The minimum absolute atomic E-state index is 0.0739. The van der Waals surface area contributed by atoms with E-state index in [1.807, 2.05) is 19.9 Å². The van der Waals surface area contributed by atoms with Crippen LogP contribution in [0, 0.1) is 6.92 Å². The van der Waals surface area contributed by atoms with Crippen LogP contribution in [0.15, 0.2) is 17.1 Å². The molecule has 21 heavy (non-hydrogen) atoms. The van der Waals surface area contributed by atoms with Gasteiger partial charge in [-0.2, -0.15) is 0 Å². The number of carbonyl (C=O) groups excluding carboxylic acids is 1. The molecule has 1 aromatic carbocycles. The molecule has 1 amide bonds. The lowest BCUT2D eigenvalue weighted by Gasteiger charge is -2.15. The van der Waals surface area contributed by atoms with Gasteiger partial charge in [0.25, 0.3) is 0 Å². The van der Waals surface area contributed by atoms with Crippen molar-refractivity contribution in [3.63, 3.8) is 0 Å². The second-order valence-corrected chi connectivity index (χ2v) is 7.63. The number of hydrogen-bond acceptors (Lipinski definition) is 5. The fraction of sp³-hybridized carbons (Fsp3) is 0.429. The fourth-order valence-electron chi connectivity index (χ4n) is 1.76. The molecule has 4 nitrogen and oxygen atoms in total. The minimum Gasteiger partial charge on any atom is -0.495 e. The summed E-state index contributed by atoms with van der Waals surface area (Å²) in [7, 11) is 1.55. The molecule has 2 rings (SSSR count). The molecule has 1 heterocycles. The number of nitrogens with zero attached hydrogens (tertiary/aromatic N) is 1. The van der Waals surface area contributed by atoms with E-state index >= 15 is 0 Å². The summed E-state index contributed by atoms with van der Waals surface area (Å²) < 4.78 is 6.24. The monoisotopic (exact) mass is 344 g/mol. The number of aliphatic imine (C=N–C) groups is 1. The van der Waals surface area contributed by atoms with E-state index in [4.69, 9.17) is 16.3 Å². The van der Waals surface area contributed by atoms with Crippen molar-refractivity contribution in [1.29, 1.82) is 0 Å². The standard InChI is InChI=1S/C14H17ClN2O2S2/c1-8-6-11(12(19-3)7-10(8)15)17-13(18)9(2)21-14-16-4-5-20-14/h6-7,9H,4-5H2,1-3H3,(H,17,18). The van der Waals surface area contributed by atoms with Crippen molar-refractivity contribution in [2.45, 2.75) is 19.1 Å². The summed E-state index contributed by atoms with van der Waals surface area (Å²) in [4.78, 5) is 16.6. The molecule has 0 aromatic heterocycles. The second kappa shape index (κ2) is 7.42. The van der Waals surface area contributed by atoms with E-state index in [0.29, 0.717) is 16.5 Å². The Kier molecular flexibility index (Phi) is 5.84. The molecule has 0 saturated carbocycles. The van der Waals surface area contributed by atoms with Crippen molar-refractivity contribution in [2.24, 2.45) is 4.99 Å². The SMILES string of the molecule is COc1cc(Cl)c(C)cc1NC(=O)C(C)SC1=NCCS1. The number of amides is 1. The minimum atomic E-state index is -0.213.